The molecule has 0 spiro atoms. The Labute approximate surface area is 180 Å². The molecule has 150 valence electrons. The number of hydrogen-bond acceptors (Lipinski definition) is 4. The lowest BCUT2D eigenvalue weighted by molar-refractivity contribution is -0.134. The highest BCUT2D eigenvalue weighted by atomic mass is 35.5. The summed E-state index contributed by atoms with van der Waals surface area (Å²) in [6.45, 7) is 2.77. The van der Waals surface area contributed by atoms with Crippen molar-refractivity contribution in [3.63, 3.8) is 0 Å². The summed E-state index contributed by atoms with van der Waals surface area (Å²) < 4.78 is 0. The van der Waals surface area contributed by atoms with Crippen molar-refractivity contribution in [1.29, 1.82) is 0 Å². The minimum Gasteiger partial charge on any atom is -0.335 e. The molecule has 1 amide bonds. The number of rotatable bonds is 5. The molecular weight excluding hydrogens is 402 g/mol. The van der Waals surface area contributed by atoms with Crippen LogP contribution in [0.2, 0.25) is 5.02 Å². The molecule has 2 aromatic heterocycles. The van der Waals surface area contributed by atoms with Crippen LogP contribution in [0.3, 0.4) is 0 Å². The van der Waals surface area contributed by atoms with Gasteiger partial charge in [0.05, 0.1) is 23.2 Å². The molecule has 1 saturated heterocycles. The second kappa shape index (κ2) is 9.06. The monoisotopic (exact) mass is 425 g/mol. The molecule has 1 aromatic carbocycles. The van der Waals surface area contributed by atoms with E-state index in [1.807, 2.05) is 47.7 Å². The van der Waals surface area contributed by atoms with E-state index in [4.69, 9.17) is 11.6 Å². The van der Waals surface area contributed by atoms with Crippen LogP contribution < -0.4 is 0 Å². The Hall–Kier alpha value is -2.24. The molecule has 0 aliphatic carbocycles. The number of nitrogens with zero attached hydrogens (tertiary/aromatic N) is 3. The van der Waals surface area contributed by atoms with Gasteiger partial charge >= 0.3 is 0 Å². The van der Waals surface area contributed by atoms with Gasteiger partial charge in [0.2, 0.25) is 5.91 Å². The maximum atomic E-state index is 13.0. The summed E-state index contributed by atoms with van der Waals surface area (Å²) >= 11 is 7.86. The number of aromatic nitrogens is 2. The Kier molecular flexibility index (Phi) is 6.26. The summed E-state index contributed by atoms with van der Waals surface area (Å²) in [6.07, 6.45) is 6.17. The zero-order valence-electron chi connectivity index (χ0n) is 16.5. The van der Waals surface area contributed by atoms with Crippen LogP contribution in [0.25, 0.3) is 0 Å². The number of likely N-dealkylation sites (tertiary alicyclic amines) is 1. The van der Waals surface area contributed by atoms with Crippen molar-refractivity contribution in [3.8, 4) is 0 Å². The molecule has 0 radical (unpaired) electrons. The van der Waals surface area contributed by atoms with Crippen LogP contribution >= 0.6 is 22.9 Å². The number of halogens is 1. The first kappa shape index (κ1) is 20.0. The summed E-state index contributed by atoms with van der Waals surface area (Å²) in [7, 11) is 0. The third-order valence-corrected chi connectivity index (χ3v) is 6.57. The second-order valence-corrected chi connectivity index (χ2v) is 8.95. The molecular formula is C23H24ClN3OS. The van der Waals surface area contributed by atoms with Crippen LogP contribution in [0, 0.1) is 6.92 Å². The molecule has 3 heterocycles. The molecule has 1 fully saturated rings. The summed E-state index contributed by atoms with van der Waals surface area (Å²) in [5.41, 5.74) is 4.03. The summed E-state index contributed by atoms with van der Waals surface area (Å²) in [5.74, 6) is 0.153. The number of aryl methyl sites for hydroxylation is 1. The molecule has 1 aliphatic rings. The number of carbonyl (C=O) groups excluding carboxylic acids is 1. The summed E-state index contributed by atoms with van der Waals surface area (Å²) in [6, 6.07) is 12.1. The van der Waals surface area contributed by atoms with Gasteiger partial charge in [-0.15, -0.1) is 11.3 Å². The van der Waals surface area contributed by atoms with Crippen LogP contribution in [-0.4, -0.2) is 27.3 Å². The number of carbonyl (C=O) groups is 1. The number of pyridine rings is 1. The highest BCUT2D eigenvalue weighted by molar-refractivity contribution is 7.09. The van der Waals surface area contributed by atoms with Gasteiger partial charge in [0.25, 0.3) is 0 Å². The standard InChI is InChI=1S/C23H24ClN3OS/c1-16-26-20(15-29-16)13-23(28)27-11-5-4-8-22(27)18-9-10-19(25-14-18)12-17-6-2-3-7-21(17)24/h2-3,6-7,9-10,14-15,22H,4-5,8,11-13H2,1H3/t22-/m0/s1. The van der Waals surface area contributed by atoms with Gasteiger partial charge in [0.15, 0.2) is 0 Å². The fourth-order valence-electron chi connectivity index (χ4n) is 3.90. The normalized spacial score (nSPS) is 16.8. The van der Waals surface area contributed by atoms with Crippen molar-refractivity contribution in [2.75, 3.05) is 6.54 Å². The molecule has 3 aromatic rings. The average Bonchev–Trinajstić information content (AvgIpc) is 3.15. The lowest BCUT2D eigenvalue weighted by Gasteiger charge is -2.36. The molecule has 6 heteroatoms. The van der Waals surface area contributed by atoms with E-state index in [1.165, 1.54) is 0 Å². The molecule has 29 heavy (non-hydrogen) atoms. The number of thiazole rings is 1. The fraction of sp³-hybridized carbons (Fsp3) is 0.348. The lowest BCUT2D eigenvalue weighted by Crippen LogP contribution is -2.39. The average molecular weight is 426 g/mol. The van der Waals surface area contributed by atoms with E-state index in [0.29, 0.717) is 12.8 Å². The highest BCUT2D eigenvalue weighted by Gasteiger charge is 2.28. The van der Waals surface area contributed by atoms with Gasteiger partial charge in [-0.1, -0.05) is 35.9 Å². The summed E-state index contributed by atoms with van der Waals surface area (Å²) in [4.78, 5) is 24.1. The van der Waals surface area contributed by atoms with Crippen LogP contribution in [-0.2, 0) is 17.6 Å². The molecule has 1 aliphatic heterocycles. The Balaban J connectivity index is 1.48. The number of benzene rings is 1. The van der Waals surface area contributed by atoms with Gasteiger partial charge in [-0.25, -0.2) is 4.98 Å². The van der Waals surface area contributed by atoms with Crippen molar-refractivity contribution in [2.24, 2.45) is 0 Å². The molecule has 0 saturated carbocycles. The van der Waals surface area contributed by atoms with Crippen LogP contribution in [0.15, 0.2) is 48.0 Å². The third kappa shape index (κ3) is 4.85. The topological polar surface area (TPSA) is 46.1 Å². The zero-order valence-corrected chi connectivity index (χ0v) is 18.0. The molecule has 4 nitrogen and oxygen atoms in total. The van der Waals surface area contributed by atoms with Gasteiger partial charge in [-0.3, -0.25) is 9.78 Å². The number of piperidine rings is 1. The predicted octanol–water partition coefficient (Wildman–Crippen LogP) is 5.39. The van der Waals surface area contributed by atoms with Crippen LogP contribution in [0.4, 0.5) is 0 Å². The first-order valence-corrected chi connectivity index (χ1v) is 11.2. The van der Waals surface area contributed by atoms with Crippen molar-refractivity contribution in [2.45, 2.75) is 45.1 Å². The van der Waals surface area contributed by atoms with Crippen LogP contribution in [0.1, 0.15) is 52.8 Å². The van der Waals surface area contributed by atoms with E-state index in [2.05, 4.69) is 22.1 Å². The largest absolute Gasteiger partial charge is 0.335 e. The van der Waals surface area contributed by atoms with E-state index in [1.54, 1.807) is 11.3 Å². The van der Waals surface area contributed by atoms with Crippen molar-refractivity contribution in [3.05, 3.63) is 80.5 Å². The molecule has 0 unspecified atom stereocenters. The summed E-state index contributed by atoms with van der Waals surface area (Å²) in [5, 5.41) is 3.75. The zero-order chi connectivity index (χ0) is 20.2. The maximum Gasteiger partial charge on any atom is 0.229 e. The highest BCUT2D eigenvalue weighted by Crippen LogP contribution is 2.31. The van der Waals surface area contributed by atoms with E-state index in [0.717, 1.165) is 58.4 Å². The lowest BCUT2D eigenvalue weighted by atomic mass is 9.95. The molecule has 0 N–H and O–H groups in total. The van der Waals surface area contributed by atoms with Gasteiger partial charge in [0, 0.05) is 35.3 Å². The smallest absolute Gasteiger partial charge is 0.229 e. The first-order chi connectivity index (χ1) is 14.1. The van der Waals surface area contributed by atoms with E-state index >= 15 is 0 Å². The predicted molar refractivity (Wildman–Crippen MR) is 117 cm³/mol. The molecule has 4 rings (SSSR count). The fourth-order valence-corrected chi connectivity index (χ4v) is 4.71. The van der Waals surface area contributed by atoms with Crippen molar-refractivity contribution in [1.82, 2.24) is 14.9 Å². The van der Waals surface area contributed by atoms with Gasteiger partial charge in [0.1, 0.15) is 0 Å². The Morgan fingerprint density at radius 2 is 2.07 bits per heavy atom. The van der Waals surface area contributed by atoms with Gasteiger partial charge in [-0.2, -0.15) is 0 Å². The number of hydrogen-bond donors (Lipinski definition) is 0. The third-order valence-electron chi connectivity index (χ3n) is 5.38. The van der Waals surface area contributed by atoms with E-state index in [-0.39, 0.29) is 11.9 Å². The van der Waals surface area contributed by atoms with Gasteiger partial charge < -0.3 is 4.90 Å². The Morgan fingerprint density at radius 3 is 2.79 bits per heavy atom. The van der Waals surface area contributed by atoms with E-state index in [9.17, 15) is 4.79 Å². The molecule has 1 atom stereocenters. The Morgan fingerprint density at radius 1 is 1.21 bits per heavy atom. The SMILES string of the molecule is Cc1nc(CC(=O)N2CCCC[C@H]2c2ccc(Cc3ccccc3Cl)nc2)cs1. The molecule has 0 bridgehead atoms. The minimum absolute atomic E-state index is 0.0952. The quantitative estimate of drug-likeness (QED) is 0.550. The Bertz CT molecular complexity index is 986. The van der Waals surface area contributed by atoms with Gasteiger partial charge in [-0.05, 0) is 49.4 Å². The van der Waals surface area contributed by atoms with Crippen molar-refractivity contribution < 1.29 is 4.79 Å². The number of amides is 1. The van der Waals surface area contributed by atoms with Crippen molar-refractivity contribution >= 4 is 28.8 Å². The van der Waals surface area contributed by atoms with E-state index < -0.39 is 0 Å². The minimum atomic E-state index is 0.0952. The first-order valence-electron chi connectivity index (χ1n) is 9.99. The van der Waals surface area contributed by atoms with Crippen LogP contribution in [0.5, 0.6) is 0 Å². The maximum absolute atomic E-state index is 13.0. The second-order valence-electron chi connectivity index (χ2n) is 7.48.